The average Bonchev–Trinajstić information content (AvgIpc) is 2.88. The van der Waals surface area contributed by atoms with Crippen LogP contribution in [0, 0.1) is 0 Å². The lowest BCUT2D eigenvalue weighted by atomic mass is 10.1. The van der Waals surface area contributed by atoms with E-state index >= 15 is 0 Å². The van der Waals surface area contributed by atoms with Crippen LogP contribution in [-0.2, 0) is 16.4 Å². The van der Waals surface area contributed by atoms with Crippen molar-refractivity contribution in [2.45, 2.75) is 12.5 Å². The number of sulfonamides is 1. The summed E-state index contributed by atoms with van der Waals surface area (Å²) in [5.41, 5.74) is 1.22. The first-order chi connectivity index (χ1) is 10.5. The molecule has 7 nitrogen and oxygen atoms in total. The Morgan fingerprint density at radius 2 is 2.09 bits per heavy atom. The molecule has 1 aromatic carbocycles. The summed E-state index contributed by atoms with van der Waals surface area (Å²) in [4.78, 5) is 4.09. The first kappa shape index (κ1) is 16.6. The van der Waals surface area contributed by atoms with Gasteiger partial charge in [-0.25, -0.2) is 13.1 Å². The van der Waals surface area contributed by atoms with E-state index in [4.69, 9.17) is 4.74 Å². The molecule has 0 radical (unpaired) electrons. The molecule has 122 valence electrons. The second kappa shape index (κ2) is 7.46. The highest BCUT2D eigenvalue weighted by molar-refractivity contribution is 7.88. The topological polar surface area (TPSA) is 91.8 Å². The molecular weight excluding hydrogens is 304 g/mol. The van der Waals surface area contributed by atoms with Crippen molar-refractivity contribution in [1.29, 1.82) is 0 Å². The third-order valence-corrected chi connectivity index (χ3v) is 3.94. The zero-order valence-corrected chi connectivity index (χ0v) is 13.6. The maximum absolute atomic E-state index is 11.0. The summed E-state index contributed by atoms with van der Waals surface area (Å²) in [6.07, 6.45) is 2.08. The molecular formula is C14H22N4O3S. The Morgan fingerprint density at radius 3 is 2.77 bits per heavy atom. The van der Waals surface area contributed by atoms with E-state index < -0.39 is 10.0 Å². The Morgan fingerprint density at radius 1 is 1.32 bits per heavy atom. The molecule has 1 unspecified atom stereocenters. The molecule has 8 heteroatoms. The van der Waals surface area contributed by atoms with E-state index in [2.05, 4.69) is 26.4 Å². The van der Waals surface area contributed by atoms with Gasteiger partial charge >= 0.3 is 0 Å². The number of ether oxygens (including phenoxy) is 1. The highest BCUT2D eigenvalue weighted by atomic mass is 32.2. The quantitative estimate of drug-likeness (QED) is 0.379. The van der Waals surface area contributed by atoms with Gasteiger partial charge < -0.3 is 15.4 Å². The van der Waals surface area contributed by atoms with Crippen LogP contribution in [-0.4, -0.2) is 53.4 Å². The molecule has 0 fully saturated rings. The molecule has 0 aliphatic carbocycles. The summed E-state index contributed by atoms with van der Waals surface area (Å²) in [7, 11) is -1.48. The predicted molar refractivity (Wildman–Crippen MR) is 86.8 cm³/mol. The van der Waals surface area contributed by atoms with Crippen LogP contribution in [0.3, 0.4) is 0 Å². The van der Waals surface area contributed by atoms with Crippen molar-refractivity contribution >= 4 is 16.0 Å². The van der Waals surface area contributed by atoms with E-state index in [9.17, 15) is 8.42 Å². The van der Waals surface area contributed by atoms with Crippen LogP contribution in [0.25, 0.3) is 0 Å². The second-order valence-corrected chi connectivity index (χ2v) is 6.93. The van der Waals surface area contributed by atoms with Crippen LogP contribution < -0.4 is 20.1 Å². The molecule has 22 heavy (non-hydrogen) atoms. The van der Waals surface area contributed by atoms with Crippen molar-refractivity contribution in [3.8, 4) is 5.75 Å². The van der Waals surface area contributed by atoms with E-state index in [0.717, 1.165) is 18.4 Å². The Balaban J connectivity index is 1.69. The first-order valence-electron chi connectivity index (χ1n) is 7.11. The van der Waals surface area contributed by atoms with Gasteiger partial charge in [0.2, 0.25) is 10.0 Å². The fraction of sp³-hybridized carbons (Fsp3) is 0.500. The minimum atomic E-state index is -3.16. The van der Waals surface area contributed by atoms with Crippen molar-refractivity contribution in [3.05, 3.63) is 29.8 Å². The number of hydrogen-bond acceptors (Lipinski definition) is 4. The highest BCUT2D eigenvalue weighted by Crippen LogP contribution is 2.27. The minimum absolute atomic E-state index is 0.0742. The van der Waals surface area contributed by atoms with Gasteiger partial charge in [0.05, 0.1) is 12.8 Å². The zero-order chi connectivity index (χ0) is 16.0. The van der Waals surface area contributed by atoms with Gasteiger partial charge in [-0.05, 0) is 11.6 Å². The Hall–Kier alpha value is -1.80. The number of fused-ring (bicyclic) bond motifs is 1. The van der Waals surface area contributed by atoms with Gasteiger partial charge in [-0.3, -0.25) is 4.99 Å². The molecule has 0 saturated carbocycles. The first-order valence-corrected chi connectivity index (χ1v) is 9.01. The van der Waals surface area contributed by atoms with Crippen LogP contribution in [0.15, 0.2) is 29.3 Å². The standard InChI is InChI=1S/C14H22N4O3S/c1-15-14(16-7-8-18-22(2,19)20)17-10-12-9-11-5-3-4-6-13(11)21-12/h3-6,12,18H,7-10H2,1-2H3,(H2,15,16,17). The third kappa shape index (κ3) is 5.19. The van der Waals surface area contributed by atoms with Crippen LogP contribution in [0.5, 0.6) is 5.75 Å². The molecule has 2 rings (SSSR count). The fourth-order valence-corrected chi connectivity index (χ4v) is 2.69. The van der Waals surface area contributed by atoms with Gasteiger partial charge in [-0.1, -0.05) is 18.2 Å². The summed E-state index contributed by atoms with van der Waals surface area (Å²) in [5, 5.41) is 6.22. The van der Waals surface area contributed by atoms with Gasteiger partial charge in [0.1, 0.15) is 11.9 Å². The normalized spacial score (nSPS) is 17.7. The molecule has 1 heterocycles. The molecule has 0 aromatic heterocycles. The van der Waals surface area contributed by atoms with Gasteiger partial charge in [0.25, 0.3) is 0 Å². The van der Waals surface area contributed by atoms with Crippen molar-refractivity contribution in [3.63, 3.8) is 0 Å². The number of hydrogen-bond donors (Lipinski definition) is 3. The van der Waals surface area contributed by atoms with Crippen LogP contribution >= 0.6 is 0 Å². The maximum Gasteiger partial charge on any atom is 0.208 e. The molecule has 3 N–H and O–H groups in total. The monoisotopic (exact) mass is 326 g/mol. The van der Waals surface area contributed by atoms with Gasteiger partial charge in [0.15, 0.2) is 5.96 Å². The number of aliphatic imine (C=N–C) groups is 1. The van der Waals surface area contributed by atoms with Gasteiger partial charge in [0, 0.05) is 26.6 Å². The average molecular weight is 326 g/mol. The van der Waals surface area contributed by atoms with Crippen LogP contribution in [0.2, 0.25) is 0 Å². The Kier molecular flexibility index (Phi) is 5.62. The van der Waals surface area contributed by atoms with Crippen molar-refractivity contribution < 1.29 is 13.2 Å². The lowest BCUT2D eigenvalue weighted by Gasteiger charge is -2.15. The molecule has 0 spiro atoms. The van der Waals surface area contributed by atoms with Gasteiger partial charge in [-0.2, -0.15) is 0 Å². The number of rotatable bonds is 6. The van der Waals surface area contributed by atoms with Crippen molar-refractivity contribution in [2.75, 3.05) is 32.9 Å². The lowest BCUT2D eigenvalue weighted by Crippen LogP contribution is -2.44. The molecule has 1 aliphatic rings. The third-order valence-electron chi connectivity index (χ3n) is 3.22. The summed E-state index contributed by atoms with van der Waals surface area (Å²) in [5.74, 6) is 1.56. The van der Waals surface area contributed by atoms with E-state index in [1.807, 2.05) is 18.2 Å². The molecule has 1 aliphatic heterocycles. The summed E-state index contributed by atoms with van der Waals surface area (Å²) >= 11 is 0. The number of para-hydroxylation sites is 1. The number of benzene rings is 1. The number of nitrogens with zero attached hydrogens (tertiary/aromatic N) is 1. The number of guanidine groups is 1. The van der Waals surface area contributed by atoms with Crippen LogP contribution in [0.4, 0.5) is 0 Å². The minimum Gasteiger partial charge on any atom is -0.488 e. The van der Waals surface area contributed by atoms with E-state index in [0.29, 0.717) is 25.6 Å². The smallest absolute Gasteiger partial charge is 0.208 e. The largest absolute Gasteiger partial charge is 0.488 e. The maximum atomic E-state index is 11.0. The molecule has 0 saturated heterocycles. The summed E-state index contributed by atoms with van der Waals surface area (Å²) in [6, 6.07) is 8.01. The Labute approximate surface area is 131 Å². The fourth-order valence-electron chi connectivity index (χ4n) is 2.22. The number of nitrogens with one attached hydrogen (secondary N) is 3. The van der Waals surface area contributed by atoms with E-state index in [1.165, 1.54) is 5.56 Å². The van der Waals surface area contributed by atoms with Crippen LogP contribution in [0.1, 0.15) is 5.56 Å². The molecule has 1 aromatic rings. The summed E-state index contributed by atoms with van der Waals surface area (Å²) in [6.45, 7) is 1.40. The Bertz CT molecular complexity index is 606. The van der Waals surface area contributed by atoms with Crippen molar-refractivity contribution in [2.24, 2.45) is 4.99 Å². The SMILES string of the molecule is CN=C(NCCNS(C)(=O)=O)NCC1Cc2ccccc2O1. The summed E-state index contributed by atoms with van der Waals surface area (Å²) < 4.78 is 30.2. The van der Waals surface area contributed by atoms with E-state index in [-0.39, 0.29) is 6.10 Å². The van der Waals surface area contributed by atoms with E-state index in [1.54, 1.807) is 7.05 Å². The predicted octanol–water partition coefficient (Wildman–Crippen LogP) is -0.296. The molecule has 1 atom stereocenters. The molecule has 0 bridgehead atoms. The second-order valence-electron chi connectivity index (χ2n) is 5.10. The van der Waals surface area contributed by atoms with Crippen molar-refractivity contribution in [1.82, 2.24) is 15.4 Å². The lowest BCUT2D eigenvalue weighted by molar-refractivity contribution is 0.235. The van der Waals surface area contributed by atoms with Gasteiger partial charge in [-0.15, -0.1) is 0 Å². The zero-order valence-electron chi connectivity index (χ0n) is 12.8. The molecule has 0 amide bonds. The highest BCUT2D eigenvalue weighted by Gasteiger charge is 2.22.